The first-order valence-electron chi connectivity index (χ1n) is 6.31. The summed E-state index contributed by atoms with van der Waals surface area (Å²) in [5.41, 5.74) is 0. The second-order valence-corrected chi connectivity index (χ2v) is 6.27. The summed E-state index contributed by atoms with van der Waals surface area (Å²) in [4.78, 5) is 10.7. The Balaban J connectivity index is 3.47. The molecule has 0 spiro atoms. The molecule has 0 aromatic rings. The minimum Gasteiger partial charge on any atom is -0.300 e. The Kier molecular flexibility index (Phi) is 9.52. The SMILES string of the molecule is CC(=O)CCCCCCNS(=O)(=O)CCCC#N. The van der Waals surface area contributed by atoms with Crippen molar-refractivity contribution in [2.75, 3.05) is 12.3 Å². The number of carbonyl (C=O) groups is 1. The highest BCUT2D eigenvalue weighted by atomic mass is 32.2. The van der Waals surface area contributed by atoms with Gasteiger partial charge in [0.15, 0.2) is 0 Å². The van der Waals surface area contributed by atoms with Crippen molar-refractivity contribution < 1.29 is 13.2 Å². The molecule has 0 heterocycles. The molecule has 0 saturated carbocycles. The molecule has 0 amide bonds. The van der Waals surface area contributed by atoms with E-state index < -0.39 is 10.0 Å². The Bertz CT molecular complexity index is 371. The number of sulfonamides is 1. The topological polar surface area (TPSA) is 87.0 Å². The van der Waals surface area contributed by atoms with Crippen LogP contribution in [-0.2, 0) is 14.8 Å². The zero-order valence-electron chi connectivity index (χ0n) is 10.9. The standard InChI is InChI=1S/C12H22N2O3S/c1-12(15)8-4-2-3-6-10-14-18(16,17)11-7-5-9-13/h14H,2-8,10-11H2,1H3. The van der Waals surface area contributed by atoms with Gasteiger partial charge < -0.3 is 4.79 Å². The van der Waals surface area contributed by atoms with Crippen LogP contribution in [-0.4, -0.2) is 26.5 Å². The van der Waals surface area contributed by atoms with Crippen LogP contribution in [0.4, 0.5) is 0 Å². The highest BCUT2D eigenvalue weighted by molar-refractivity contribution is 7.89. The molecule has 0 bridgehead atoms. The molecule has 0 aliphatic heterocycles. The molecule has 0 radical (unpaired) electrons. The van der Waals surface area contributed by atoms with Crippen LogP contribution in [0.2, 0.25) is 0 Å². The molecule has 5 nitrogen and oxygen atoms in total. The van der Waals surface area contributed by atoms with Crippen molar-refractivity contribution in [3.8, 4) is 6.07 Å². The summed E-state index contributed by atoms with van der Waals surface area (Å²) in [5, 5.41) is 8.31. The number of ketones is 1. The summed E-state index contributed by atoms with van der Waals surface area (Å²) < 4.78 is 25.4. The third-order valence-corrected chi connectivity index (χ3v) is 3.95. The fourth-order valence-corrected chi connectivity index (χ4v) is 2.62. The van der Waals surface area contributed by atoms with Gasteiger partial charge in [0.2, 0.25) is 10.0 Å². The molecule has 0 rings (SSSR count). The monoisotopic (exact) mass is 274 g/mol. The molecule has 0 aromatic heterocycles. The zero-order chi connectivity index (χ0) is 13.9. The van der Waals surface area contributed by atoms with Gasteiger partial charge in [0.1, 0.15) is 5.78 Å². The number of unbranched alkanes of at least 4 members (excludes halogenated alkanes) is 4. The van der Waals surface area contributed by atoms with Crippen molar-refractivity contribution in [1.29, 1.82) is 5.26 Å². The average molecular weight is 274 g/mol. The lowest BCUT2D eigenvalue weighted by Gasteiger charge is -2.05. The van der Waals surface area contributed by atoms with E-state index in [1.807, 2.05) is 6.07 Å². The van der Waals surface area contributed by atoms with Gasteiger partial charge in [-0.2, -0.15) is 5.26 Å². The maximum absolute atomic E-state index is 11.4. The summed E-state index contributed by atoms with van der Waals surface area (Å²) in [6.45, 7) is 2.02. The highest BCUT2D eigenvalue weighted by Gasteiger charge is 2.08. The summed E-state index contributed by atoms with van der Waals surface area (Å²) >= 11 is 0. The minimum absolute atomic E-state index is 0.0187. The molecule has 0 fully saturated rings. The van der Waals surface area contributed by atoms with E-state index in [1.54, 1.807) is 6.92 Å². The van der Waals surface area contributed by atoms with Crippen LogP contribution in [0.3, 0.4) is 0 Å². The smallest absolute Gasteiger partial charge is 0.211 e. The molecular formula is C12H22N2O3S. The third-order valence-electron chi connectivity index (χ3n) is 2.48. The second-order valence-electron chi connectivity index (χ2n) is 4.34. The molecule has 0 aliphatic rings. The van der Waals surface area contributed by atoms with Crippen molar-refractivity contribution in [3.63, 3.8) is 0 Å². The van der Waals surface area contributed by atoms with E-state index in [4.69, 9.17) is 5.26 Å². The van der Waals surface area contributed by atoms with Gasteiger partial charge in [0.25, 0.3) is 0 Å². The molecule has 6 heteroatoms. The quantitative estimate of drug-likeness (QED) is 0.581. The molecule has 18 heavy (non-hydrogen) atoms. The Morgan fingerprint density at radius 3 is 2.44 bits per heavy atom. The normalized spacial score (nSPS) is 11.1. The zero-order valence-corrected chi connectivity index (χ0v) is 11.8. The van der Waals surface area contributed by atoms with Crippen LogP contribution in [0, 0.1) is 11.3 Å². The minimum atomic E-state index is -3.22. The van der Waals surface area contributed by atoms with Crippen LogP contribution in [0.25, 0.3) is 0 Å². The number of hydrogen-bond acceptors (Lipinski definition) is 4. The molecule has 0 saturated heterocycles. The first-order valence-corrected chi connectivity index (χ1v) is 7.97. The molecule has 1 N–H and O–H groups in total. The van der Waals surface area contributed by atoms with Crippen LogP contribution in [0.5, 0.6) is 0 Å². The number of nitriles is 1. The van der Waals surface area contributed by atoms with E-state index in [0.29, 0.717) is 19.4 Å². The van der Waals surface area contributed by atoms with Gasteiger partial charge in [-0.05, 0) is 26.2 Å². The number of nitrogens with one attached hydrogen (secondary N) is 1. The lowest BCUT2D eigenvalue weighted by molar-refractivity contribution is -0.117. The van der Waals surface area contributed by atoms with Gasteiger partial charge in [-0.25, -0.2) is 13.1 Å². The second kappa shape index (κ2) is 10.0. The fourth-order valence-electron chi connectivity index (χ4n) is 1.49. The highest BCUT2D eigenvalue weighted by Crippen LogP contribution is 2.03. The predicted molar refractivity (Wildman–Crippen MR) is 70.4 cm³/mol. The van der Waals surface area contributed by atoms with Gasteiger partial charge >= 0.3 is 0 Å². The molecule has 0 aliphatic carbocycles. The molecular weight excluding hydrogens is 252 g/mol. The maximum Gasteiger partial charge on any atom is 0.211 e. The molecule has 0 unspecified atom stereocenters. The first kappa shape index (κ1) is 17.1. The van der Waals surface area contributed by atoms with Gasteiger partial charge in [0, 0.05) is 19.4 Å². The Morgan fingerprint density at radius 1 is 1.17 bits per heavy atom. The van der Waals surface area contributed by atoms with E-state index in [2.05, 4.69) is 4.72 Å². The van der Waals surface area contributed by atoms with Crippen molar-refractivity contribution >= 4 is 15.8 Å². The van der Waals surface area contributed by atoms with E-state index >= 15 is 0 Å². The predicted octanol–water partition coefficient (Wildman–Crippen LogP) is 1.75. The maximum atomic E-state index is 11.4. The van der Waals surface area contributed by atoms with E-state index in [1.165, 1.54) is 0 Å². The van der Waals surface area contributed by atoms with Crippen molar-refractivity contribution in [3.05, 3.63) is 0 Å². The number of Topliss-reactive ketones (excluding diaryl/α,β-unsaturated/α-hetero) is 1. The lowest BCUT2D eigenvalue weighted by atomic mass is 10.1. The average Bonchev–Trinajstić information content (AvgIpc) is 2.27. The van der Waals surface area contributed by atoms with E-state index in [-0.39, 0.29) is 18.0 Å². The van der Waals surface area contributed by atoms with Crippen molar-refractivity contribution in [2.45, 2.75) is 51.9 Å². The molecule has 0 atom stereocenters. The Morgan fingerprint density at radius 2 is 1.83 bits per heavy atom. The van der Waals surface area contributed by atoms with E-state index in [9.17, 15) is 13.2 Å². The van der Waals surface area contributed by atoms with E-state index in [0.717, 1.165) is 25.7 Å². The fraction of sp³-hybridized carbons (Fsp3) is 0.833. The van der Waals surface area contributed by atoms with Crippen LogP contribution < -0.4 is 4.72 Å². The number of rotatable bonds is 11. The van der Waals surface area contributed by atoms with Crippen molar-refractivity contribution in [1.82, 2.24) is 4.72 Å². The molecule has 0 aromatic carbocycles. The van der Waals surface area contributed by atoms with Crippen LogP contribution in [0.15, 0.2) is 0 Å². The van der Waals surface area contributed by atoms with Gasteiger partial charge in [-0.3, -0.25) is 0 Å². The summed E-state index contributed by atoms with van der Waals surface area (Å²) in [7, 11) is -3.22. The van der Waals surface area contributed by atoms with Crippen LogP contribution >= 0.6 is 0 Å². The Hall–Kier alpha value is -0.930. The third kappa shape index (κ3) is 11.6. The van der Waals surface area contributed by atoms with Gasteiger partial charge in [0.05, 0.1) is 11.8 Å². The van der Waals surface area contributed by atoms with Gasteiger partial charge in [-0.15, -0.1) is 0 Å². The Labute approximate surface area is 110 Å². The number of hydrogen-bond donors (Lipinski definition) is 1. The lowest BCUT2D eigenvalue weighted by Crippen LogP contribution is -2.27. The number of carbonyl (C=O) groups excluding carboxylic acids is 1. The number of nitrogens with zero attached hydrogens (tertiary/aromatic N) is 1. The molecule has 104 valence electrons. The first-order chi connectivity index (χ1) is 8.48. The summed E-state index contributed by atoms with van der Waals surface area (Å²) in [6.07, 6.45) is 4.81. The largest absolute Gasteiger partial charge is 0.300 e. The summed E-state index contributed by atoms with van der Waals surface area (Å²) in [5.74, 6) is 0.221. The summed E-state index contributed by atoms with van der Waals surface area (Å²) in [6, 6.07) is 1.92. The van der Waals surface area contributed by atoms with Gasteiger partial charge in [-0.1, -0.05) is 12.8 Å². The van der Waals surface area contributed by atoms with Crippen LogP contribution in [0.1, 0.15) is 51.9 Å². The van der Waals surface area contributed by atoms with Crippen molar-refractivity contribution in [2.24, 2.45) is 0 Å².